The van der Waals surface area contributed by atoms with E-state index in [4.69, 9.17) is 9.47 Å². The largest absolute Gasteiger partial charge is 0.503 e. The number of anilines is 2. The third kappa shape index (κ3) is 3.95. The summed E-state index contributed by atoms with van der Waals surface area (Å²) in [7, 11) is 6.91. The summed E-state index contributed by atoms with van der Waals surface area (Å²) in [6.07, 6.45) is 0. The number of amides is 1. The summed E-state index contributed by atoms with van der Waals surface area (Å²) in [4.78, 5) is 29.5. The molecular formula is C24H28N2O5. The molecule has 2 aromatic carbocycles. The number of benzene rings is 2. The van der Waals surface area contributed by atoms with Crippen molar-refractivity contribution in [2.45, 2.75) is 19.9 Å². The number of methoxy groups -OCH3 is 2. The summed E-state index contributed by atoms with van der Waals surface area (Å²) < 4.78 is 10.7. The monoisotopic (exact) mass is 424 g/mol. The molecule has 1 aliphatic rings. The van der Waals surface area contributed by atoms with Crippen LogP contribution in [0.4, 0.5) is 11.4 Å². The summed E-state index contributed by atoms with van der Waals surface area (Å²) >= 11 is 0. The summed E-state index contributed by atoms with van der Waals surface area (Å²) in [6, 6.07) is 11.8. The molecule has 7 nitrogen and oxygen atoms in total. The van der Waals surface area contributed by atoms with Gasteiger partial charge in [-0.2, -0.15) is 0 Å². The maximum Gasteiger partial charge on any atom is 0.294 e. The molecule has 164 valence electrons. The van der Waals surface area contributed by atoms with Crippen LogP contribution in [0.3, 0.4) is 0 Å². The summed E-state index contributed by atoms with van der Waals surface area (Å²) in [5.74, 6) is -0.793. The standard InChI is InChI=1S/C24H28N2O5/c1-14(2)22(27)20-21(15-7-12-18(30-5)19(13-15)31-6)26(24(29)23(20)28)17-10-8-16(9-11-17)25(3)4/h7-14,21,28H,1-6H3. The third-order valence-corrected chi connectivity index (χ3v) is 5.37. The molecule has 0 radical (unpaired) electrons. The van der Waals surface area contributed by atoms with Crippen LogP contribution in [-0.2, 0) is 9.59 Å². The van der Waals surface area contributed by atoms with E-state index >= 15 is 0 Å². The number of hydrogen-bond acceptors (Lipinski definition) is 6. The van der Waals surface area contributed by atoms with Crippen LogP contribution in [0, 0.1) is 5.92 Å². The van der Waals surface area contributed by atoms with Gasteiger partial charge in [0.05, 0.1) is 25.8 Å². The summed E-state index contributed by atoms with van der Waals surface area (Å²) in [6.45, 7) is 3.49. The first-order valence-electron chi connectivity index (χ1n) is 10.0. The lowest BCUT2D eigenvalue weighted by Gasteiger charge is -2.28. The van der Waals surface area contributed by atoms with Crippen molar-refractivity contribution in [3.63, 3.8) is 0 Å². The van der Waals surface area contributed by atoms with Gasteiger partial charge in [-0.1, -0.05) is 19.9 Å². The molecule has 1 unspecified atom stereocenters. The SMILES string of the molecule is COc1ccc(C2C(C(=O)C(C)C)=C(O)C(=O)N2c2ccc(N(C)C)cc2)cc1OC. The van der Waals surface area contributed by atoms with Crippen LogP contribution < -0.4 is 19.3 Å². The second kappa shape index (κ2) is 8.71. The highest BCUT2D eigenvalue weighted by Crippen LogP contribution is 2.44. The molecular weight excluding hydrogens is 396 g/mol. The number of hydrogen-bond donors (Lipinski definition) is 1. The maximum absolute atomic E-state index is 13.1. The fraction of sp³-hybridized carbons (Fsp3) is 0.333. The van der Waals surface area contributed by atoms with Crippen LogP contribution in [0.5, 0.6) is 11.5 Å². The quantitative estimate of drug-likeness (QED) is 0.726. The van der Waals surface area contributed by atoms with E-state index in [9.17, 15) is 14.7 Å². The van der Waals surface area contributed by atoms with E-state index in [1.807, 2.05) is 31.1 Å². The van der Waals surface area contributed by atoms with Gasteiger partial charge in [0.25, 0.3) is 5.91 Å². The lowest BCUT2D eigenvalue weighted by atomic mass is 9.91. The molecule has 0 saturated carbocycles. The number of Topliss-reactive ketones (excluding diaryl/α,β-unsaturated/α-hetero) is 1. The number of nitrogens with zero attached hydrogens (tertiary/aromatic N) is 2. The lowest BCUT2D eigenvalue weighted by molar-refractivity contribution is -0.119. The van der Waals surface area contributed by atoms with Crippen LogP contribution in [0.25, 0.3) is 0 Å². The van der Waals surface area contributed by atoms with Crippen LogP contribution in [-0.4, -0.2) is 45.1 Å². The average Bonchev–Trinajstić information content (AvgIpc) is 3.03. The van der Waals surface area contributed by atoms with E-state index < -0.39 is 17.7 Å². The van der Waals surface area contributed by atoms with Gasteiger partial charge in [0.1, 0.15) is 0 Å². The number of aliphatic hydroxyl groups is 1. The van der Waals surface area contributed by atoms with Gasteiger partial charge in [-0.15, -0.1) is 0 Å². The van der Waals surface area contributed by atoms with E-state index in [0.717, 1.165) is 5.69 Å². The van der Waals surface area contributed by atoms with Crippen molar-refractivity contribution in [2.75, 3.05) is 38.1 Å². The lowest BCUT2D eigenvalue weighted by Crippen LogP contribution is -2.31. The van der Waals surface area contributed by atoms with Crippen molar-refractivity contribution in [2.24, 2.45) is 5.92 Å². The van der Waals surface area contributed by atoms with Crippen molar-refractivity contribution >= 4 is 23.1 Å². The Kier molecular flexibility index (Phi) is 6.24. The molecule has 0 saturated heterocycles. The topological polar surface area (TPSA) is 79.3 Å². The van der Waals surface area contributed by atoms with Crippen molar-refractivity contribution in [3.05, 3.63) is 59.4 Å². The molecule has 1 amide bonds. The van der Waals surface area contributed by atoms with Gasteiger partial charge in [0.15, 0.2) is 23.0 Å². The van der Waals surface area contributed by atoms with E-state index in [2.05, 4.69) is 0 Å². The average molecular weight is 424 g/mol. The molecule has 7 heteroatoms. The van der Waals surface area contributed by atoms with E-state index in [1.54, 1.807) is 44.2 Å². The second-order valence-electron chi connectivity index (χ2n) is 7.88. The molecule has 2 aromatic rings. The van der Waals surface area contributed by atoms with Gasteiger partial charge < -0.3 is 19.5 Å². The van der Waals surface area contributed by atoms with Crippen molar-refractivity contribution < 1.29 is 24.2 Å². The first-order valence-corrected chi connectivity index (χ1v) is 10.0. The predicted molar refractivity (Wildman–Crippen MR) is 120 cm³/mol. The Morgan fingerprint density at radius 3 is 2.16 bits per heavy atom. The van der Waals surface area contributed by atoms with E-state index in [0.29, 0.717) is 22.7 Å². The Hall–Kier alpha value is -3.48. The fourth-order valence-corrected chi connectivity index (χ4v) is 3.68. The first kappa shape index (κ1) is 22.2. The Morgan fingerprint density at radius 1 is 1.03 bits per heavy atom. The molecule has 1 heterocycles. The zero-order chi connectivity index (χ0) is 22.9. The van der Waals surface area contributed by atoms with Gasteiger partial charge >= 0.3 is 0 Å². The molecule has 1 aliphatic heterocycles. The number of aliphatic hydroxyl groups excluding tert-OH is 1. The van der Waals surface area contributed by atoms with Gasteiger partial charge in [0, 0.05) is 31.4 Å². The molecule has 0 fully saturated rings. The van der Waals surface area contributed by atoms with Crippen LogP contribution >= 0.6 is 0 Å². The van der Waals surface area contributed by atoms with Gasteiger partial charge in [-0.3, -0.25) is 14.5 Å². The number of rotatable bonds is 7. The molecule has 0 spiro atoms. The number of ketones is 1. The zero-order valence-corrected chi connectivity index (χ0v) is 18.7. The molecule has 0 bridgehead atoms. The van der Waals surface area contributed by atoms with Gasteiger partial charge in [-0.25, -0.2) is 0 Å². The summed E-state index contributed by atoms with van der Waals surface area (Å²) in [5.41, 5.74) is 2.27. The van der Waals surface area contributed by atoms with Crippen LogP contribution in [0.2, 0.25) is 0 Å². The van der Waals surface area contributed by atoms with Crippen molar-refractivity contribution in [1.29, 1.82) is 0 Å². The van der Waals surface area contributed by atoms with Gasteiger partial charge in [0.2, 0.25) is 0 Å². The molecule has 31 heavy (non-hydrogen) atoms. The fourth-order valence-electron chi connectivity index (χ4n) is 3.68. The second-order valence-corrected chi connectivity index (χ2v) is 7.88. The zero-order valence-electron chi connectivity index (χ0n) is 18.7. The summed E-state index contributed by atoms with van der Waals surface area (Å²) in [5, 5.41) is 10.7. The minimum absolute atomic E-state index is 0.0870. The Balaban J connectivity index is 2.18. The van der Waals surface area contributed by atoms with Crippen LogP contribution in [0.15, 0.2) is 53.8 Å². The van der Waals surface area contributed by atoms with Crippen molar-refractivity contribution in [3.8, 4) is 11.5 Å². The Morgan fingerprint density at radius 2 is 1.65 bits per heavy atom. The normalized spacial score (nSPS) is 16.2. The minimum atomic E-state index is -0.785. The van der Waals surface area contributed by atoms with Crippen molar-refractivity contribution in [1.82, 2.24) is 0 Å². The van der Waals surface area contributed by atoms with E-state index in [-0.39, 0.29) is 17.3 Å². The Bertz CT molecular complexity index is 1020. The number of carbonyl (C=O) groups is 2. The number of ether oxygens (including phenoxy) is 2. The molecule has 0 aromatic heterocycles. The van der Waals surface area contributed by atoms with Gasteiger partial charge in [-0.05, 0) is 42.0 Å². The molecule has 0 aliphatic carbocycles. The number of carbonyl (C=O) groups excluding carboxylic acids is 2. The van der Waals surface area contributed by atoms with Crippen LogP contribution in [0.1, 0.15) is 25.5 Å². The Labute approximate surface area is 182 Å². The maximum atomic E-state index is 13.1. The first-order chi connectivity index (χ1) is 14.7. The highest BCUT2D eigenvalue weighted by molar-refractivity contribution is 6.16. The molecule has 1 N–H and O–H groups in total. The molecule has 3 rings (SSSR count). The van der Waals surface area contributed by atoms with E-state index in [1.165, 1.54) is 19.1 Å². The predicted octanol–water partition coefficient (Wildman–Crippen LogP) is 3.89. The smallest absolute Gasteiger partial charge is 0.294 e. The highest BCUT2D eigenvalue weighted by atomic mass is 16.5. The highest BCUT2D eigenvalue weighted by Gasteiger charge is 2.45. The molecule has 1 atom stereocenters. The third-order valence-electron chi connectivity index (χ3n) is 5.37. The minimum Gasteiger partial charge on any atom is -0.503 e.